The molecule has 0 unspecified atom stereocenters. The van der Waals surface area contributed by atoms with E-state index in [1.165, 1.54) is 108 Å². The summed E-state index contributed by atoms with van der Waals surface area (Å²) in [6, 6.07) is 117. The van der Waals surface area contributed by atoms with Crippen LogP contribution in [0.2, 0.25) is 0 Å². The van der Waals surface area contributed by atoms with Crippen molar-refractivity contribution in [2.75, 3.05) is 0 Å². The van der Waals surface area contributed by atoms with Crippen LogP contribution in [0.5, 0.6) is 0 Å². The molecule has 0 aliphatic carbocycles. The Labute approximate surface area is 538 Å². The van der Waals surface area contributed by atoms with Gasteiger partial charge in [0.15, 0.2) is 0 Å². The van der Waals surface area contributed by atoms with E-state index in [2.05, 4.69) is 315 Å². The van der Waals surface area contributed by atoms with Crippen LogP contribution in [-0.4, -0.2) is 0 Å². The molecule has 86 heavy (non-hydrogen) atoms. The zero-order chi connectivity index (χ0) is 56.6. The van der Waals surface area contributed by atoms with Crippen molar-refractivity contribution in [2.45, 2.75) is 0 Å². The summed E-state index contributed by atoms with van der Waals surface area (Å²) in [6.45, 7) is 0. The van der Waals surface area contributed by atoms with Gasteiger partial charge < -0.3 is 12.8 Å². The zero-order valence-corrected chi connectivity index (χ0v) is 53.1. The van der Waals surface area contributed by atoms with Gasteiger partial charge in [0, 0.05) is 0 Å². The maximum atomic E-state index is 7.74. The van der Waals surface area contributed by atoms with E-state index in [1.807, 2.05) is 24.3 Å². The van der Waals surface area contributed by atoms with E-state index >= 15 is 0 Å². The molecule has 15 aromatic carbocycles. The fourth-order valence-electron chi connectivity index (χ4n) is 12.1. The molecule has 0 nitrogen and oxygen atoms in total. The van der Waals surface area contributed by atoms with Gasteiger partial charge in [-0.3, -0.25) is 11.8 Å². The second-order valence-corrected chi connectivity index (χ2v) is 25.7. The van der Waals surface area contributed by atoms with Gasteiger partial charge in [0.1, 0.15) is 47.7 Å². The molecule has 0 heterocycles. The fourth-order valence-corrected chi connectivity index (χ4v) is 18.1. The quantitative estimate of drug-likeness (QED) is 0.0468. The second kappa shape index (κ2) is 27.6. The first-order valence-electron chi connectivity index (χ1n) is 28.4. The minimum atomic E-state index is -1.14. The van der Waals surface area contributed by atoms with E-state index in [1.54, 1.807) is 0 Å². The molecule has 0 aliphatic rings. The molecule has 0 aliphatic heterocycles. The first-order chi connectivity index (χ1) is 41.6. The monoisotopic (exact) mass is 1500 g/mol. The summed E-state index contributed by atoms with van der Waals surface area (Å²) in [5, 5.41) is 22.9. The Bertz CT molecular complexity index is 4510. The van der Waals surface area contributed by atoms with Crippen LogP contribution in [-0.2, 0) is 44.8 Å². The van der Waals surface area contributed by atoms with Crippen molar-refractivity contribution < 1.29 is 44.8 Å². The molecular weight excluding hydrogens is 1440 g/mol. The molecule has 0 N–H and O–H groups in total. The molecule has 0 atom stereocenters. The third kappa shape index (κ3) is 12.0. The van der Waals surface area contributed by atoms with Gasteiger partial charge in [-0.25, -0.2) is 0 Å². The van der Waals surface area contributed by atoms with Crippen LogP contribution in [0.15, 0.2) is 328 Å². The second-order valence-electron chi connectivity index (χ2n) is 20.8. The Kier molecular flexibility index (Phi) is 18.9. The summed E-state index contributed by atoms with van der Waals surface area (Å²) in [4.78, 5) is 0. The third-order valence-electron chi connectivity index (χ3n) is 15.9. The van der Waals surface area contributed by atoms with Crippen molar-refractivity contribution >= 4 is 112 Å². The van der Waals surface area contributed by atoms with E-state index in [0.717, 1.165) is 21.9 Å². The Morgan fingerprint density at radius 1 is 0.209 bits per heavy atom. The third-order valence-corrected chi connectivity index (χ3v) is 21.8. The van der Waals surface area contributed by atoms with Gasteiger partial charge in [-0.15, -0.1) is 23.3 Å². The van der Waals surface area contributed by atoms with Crippen molar-refractivity contribution in [2.24, 2.45) is 0 Å². The normalized spacial score (nSPS) is 10.8. The van der Waals surface area contributed by atoms with Gasteiger partial charge in [-0.1, -0.05) is 253 Å². The van der Waals surface area contributed by atoms with Crippen molar-refractivity contribution in [1.29, 1.82) is 0 Å². The van der Waals surface area contributed by atoms with Gasteiger partial charge in [-0.2, -0.15) is 0 Å². The molecule has 0 saturated carbocycles. The topological polar surface area (TPSA) is 0 Å². The Balaban J connectivity index is 0.000000133. The Morgan fingerprint density at radius 2 is 0.430 bits per heavy atom. The molecule has 0 aromatic heterocycles. The molecule has 4 heteroatoms. The van der Waals surface area contributed by atoms with Gasteiger partial charge in [0.05, 0.1) is 0 Å². The molecule has 15 rings (SSSR count). The molecule has 0 radical (unpaired) electrons. The number of fused-ring (bicyclic) bond motifs is 10. The molecule has 15 aromatic rings. The predicted octanol–water partition coefficient (Wildman–Crippen LogP) is 18.2. The van der Waals surface area contributed by atoms with Gasteiger partial charge in [0.25, 0.3) is 0 Å². The van der Waals surface area contributed by atoms with Crippen LogP contribution >= 0.6 is 15.8 Å². The van der Waals surface area contributed by atoms with Crippen LogP contribution in [0, 0.1) is 24.7 Å². The number of hydrogen-bond donors (Lipinski definition) is 0. The summed E-state index contributed by atoms with van der Waals surface area (Å²) >= 11 is 0. The van der Waals surface area contributed by atoms with E-state index < -0.39 is 15.8 Å². The van der Waals surface area contributed by atoms with E-state index in [4.69, 9.17) is 12.8 Å². The van der Waals surface area contributed by atoms with Gasteiger partial charge >= 0.3 is 44.8 Å². The molecule has 0 saturated heterocycles. The molecular formula is C82H56Au2P2+2. The first kappa shape index (κ1) is 59.1. The smallest absolute Gasteiger partial charge is 0.366 e. The average Bonchev–Trinajstić information content (AvgIpc) is 1.09. The predicted molar refractivity (Wildman–Crippen MR) is 368 cm³/mol. The number of hydrogen-bond acceptors (Lipinski definition) is 0. The summed E-state index contributed by atoms with van der Waals surface area (Å²) in [5.74, 6) is 5.25. The Hall–Kier alpha value is -8.68. The van der Waals surface area contributed by atoms with E-state index in [-0.39, 0.29) is 44.8 Å². The average molecular weight is 1500 g/mol. The largest absolute Gasteiger partial charge is 1.00 e. The summed E-state index contributed by atoms with van der Waals surface area (Å²) in [5.41, 5.74) is 6.60. The standard InChI is InChI=1S/C30H24P2.2C26H15.2Au/c1-5-15-25(16-6-1)31(26-17-7-2-8-18-26)29-23-13-14-24-30(29)32(27-19-9-3-10-20-27)28-21-11-4-12-22-28;2*1-2-18-16-25-23-15-9-8-14-22(23)24(19-10-4-3-5-11-19)17-26(25)21-13-7-6-12-20(18)21;;/h1-24H;2*3-17H;;/q;2*-1;2*+1/p+2. The molecule has 0 spiro atoms. The summed E-state index contributed by atoms with van der Waals surface area (Å²) in [6.07, 6.45) is 15.5. The van der Waals surface area contributed by atoms with Crippen LogP contribution < -0.4 is 31.8 Å². The summed E-state index contributed by atoms with van der Waals surface area (Å²) < 4.78 is 0. The molecule has 0 fully saturated rings. The molecule has 0 bridgehead atoms. The van der Waals surface area contributed by atoms with Crippen LogP contribution in [0.1, 0.15) is 11.1 Å². The maximum Gasteiger partial charge on any atom is 1.00 e. The number of rotatable bonds is 8. The van der Waals surface area contributed by atoms with E-state index in [9.17, 15) is 0 Å². The van der Waals surface area contributed by atoms with Crippen molar-refractivity contribution in [1.82, 2.24) is 0 Å². The van der Waals surface area contributed by atoms with Crippen molar-refractivity contribution in [3.63, 3.8) is 0 Å². The molecule has 414 valence electrons. The van der Waals surface area contributed by atoms with Crippen molar-refractivity contribution in [3.8, 4) is 34.1 Å². The minimum Gasteiger partial charge on any atom is -0.366 e. The minimum absolute atomic E-state index is 0. The molecule has 0 amide bonds. The maximum absolute atomic E-state index is 7.74. The Morgan fingerprint density at radius 3 is 0.721 bits per heavy atom. The van der Waals surface area contributed by atoms with Crippen molar-refractivity contribution in [3.05, 3.63) is 352 Å². The first-order valence-corrected chi connectivity index (χ1v) is 31.4. The fraction of sp³-hybridized carbons (Fsp3) is 0. The van der Waals surface area contributed by atoms with Crippen LogP contribution in [0.3, 0.4) is 0 Å². The van der Waals surface area contributed by atoms with E-state index in [0.29, 0.717) is 0 Å². The zero-order valence-electron chi connectivity index (χ0n) is 46.8. The van der Waals surface area contributed by atoms with Gasteiger partial charge in [-0.05, 0) is 149 Å². The van der Waals surface area contributed by atoms with Gasteiger partial charge in [0.2, 0.25) is 0 Å². The van der Waals surface area contributed by atoms with Crippen LogP contribution in [0.25, 0.3) is 86.9 Å². The SMILES string of the molecule is [Au+].[Au+].[C-]#Cc1cc2c3ccccc3c(-c3ccccc3)cc2c2ccccc12.[C-]#Cc1cc2c3ccccc3c(-c3ccccc3)cc2c2ccccc12.c1ccc([PH+](c2ccccc2)c2ccccc2[PH+](c2ccccc2)c2ccccc2)cc1. The number of benzene rings is 15. The summed E-state index contributed by atoms with van der Waals surface area (Å²) in [7, 11) is -2.28. The van der Waals surface area contributed by atoms with Crippen LogP contribution in [0.4, 0.5) is 0 Å².